The van der Waals surface area contributed by atoms with E-state index in [9.17, 15) is 4.79 Å². The SMILES string of the molecule is O=C(COc1ccc(Cl)cc1)NCc1nc(CN2CCCCC2)cs1. The third-order valence-corrected chi connectivity index (χ3v) is 5.20. The zero-order chi connectivity index (χ0) is 17.5. The predicted molar refractivity (Wildman–Crippen MR) is 100 cm³/mol. The number of carbonyl (C=O) groups is 1. The average Bonchev–Trinajstić information content (AvgIpc) is 3.08. The minimum atomic E-state index is -0.164. The number of amides is 1. The smallest absolute Gasteiger partial charge is 0.258 e. The summed E-state index contributed by atoms with van der Waals surface area (Å²) >= 11 is 7.40. The molecule has 1 fully saturated rings. The summed E-state index contributed by atoms with van der Waals surface area (Å²) in [5.74, 6) is 0.459. The number of rotatable bonds is 7. The fourth-order valence-electron chi connectivity index (χ4n) is 2.75. The van der Waals surface area contributed by atoms with Crippen LogP contribution in [0.5, 0.6) is 5.75 Å². The molecule has 1 amide bonds. The lowest BCUT2D eigenvalue weighted by molar-refractivity contribution is -0.123. The first-order valence-corrected chi connectivity index (χ1v) is 9.75. The number of nitrogens with zero attached hydrogens (tertiary/aromatic N) is 2. The van der Waals surface area contributed by atoms with Crippen LogP contribution in [-0.2, 0) is 17.9 Å². The largest absolute Gasteiger partial charge is 0.484 e. The Morgan fingerprint density at radius 2 is 2.00 bits per heavy atom. The summed E-state index contributed by atoms with van der Waals surface area (Å²) in [4.78, 5) is 18.9. The summed E-state index contributed by atoms with van der Waals surface area (Å²) in [7, 11) is 0. The number of ether oxygens (including phenoxy) is 1. The molecule has 0 saturated carbocycles. The molecule has 5 nitrogen and oxygen atoms in total. The van der Waals surface area contributed by atoms with Crippen LogP contribution in [0.25, 0.3) is 0 Å². The van der Waals surface area contributed by atoms with Gasteiger partial charge in [-0.1, -0.05) is 18.0 Å². The lowest BCUT2D eigenvalue weighted by atomic mass is 10.1. The first-order chi connectivity index (χ1) is 12.2. The van der Waals surface area contributed by atoms with E-state index < -0.39 is 0 Å². The van der Waals surface area contributed by atoms with Crippen molar-refractivity contribution in [2.75, 3.05) is 19.7 Å². The Morgan fingerprint density at radius 1 is 1.24 bits per heavy atom. The van der Waals surface area contributed by atoms with Gasteiger partial charge in [0.15, 0.2) is 6.61 Å². The van der Waals surface area contributed by atoms with Crippen LogP contribution in [0.4, 0.5) is 0 Å². The standard InChI is InChI=1S/C18H22ClN3O2S/c19-14-4-6-16(7-5-14)24-12-17(23)20-10-18-21-15(13-25-18)11-22-8-2-1-3-9-22/h4-7,13H,1-3,8-12H2,(H,20,23). The minimum absolute atomic E-state index is 0.0202. The van der Waals surface area contributed by atoms with Gasteiger partial charge >= 0.3 is 0 Å². The van der Waals surface area contributed by atoms with E-state index in [2.05, 4.69) is 20.6 Å². The number of likely N-dealkylation sites (tertiary alicyclic amines) is 1. The van der Waals surface area contributed by atoms with Gasteiger partial charge in [0.05, 0.1) is 12.2 Å². The maximum atomic E-state index is 11.9. The number of thiazole rings is 1. The Morgan fingerprint density at radius 3 is 2.76 bits per heavy atom. The van der Waals surface area contributed by atoms with Crippen molar-refractivity contribution in [2.24, 2.45) is 0 Å². The Labute approximate surface area is 157 Å². The summed E-state index contributed by atoms with van der Waals surface area (Å²) in [6.07, 6.45) is 3.89. The maximum Gasteiger partial charge on any atom is 0.258 e. The van der Waals surface area contributed by atoms with Gasteiger partial charge in [0, 0.05) is 16.9 Å². The van der Waals surface area contributed by atoms with Crippen LogP contribution in [0.1, 0.15) is 30.0 Å². The van der Waals surface area contributed by atoms with Gasteiger partial charge in [-0.15, -0.1) is 11.3 Å². The van der Waals surface area contributed by atoms with E-state index in [-0.39, 0.29) is 12.5 Å². The number of halogens is 1. The molecule has 3 rings (SSSR count). The highest BCUT2D eigenvalue weighted by molar-refractivity contribution is 7.09. The summed E-state index contributed by atoms with van der Waals surface area (Å²) in [5, 5.41) is 6.49. The van der Waals surface area contributed by atoms with Gasteiger partial charge in [0.2, 0.25) is 0 Å². The van der Waals surface area contributed by atoms with Gasteiger partial charge in [0.25, 0.3) is 5.91 Å². The normalized spacial score (nSPS) is 15.1. The van der Waals surface area contributed by atoms with E-state index in [1.165, 1.54) is 19.3 Å². The molecular formula is C18H22ClN3O2S. The van der Waals surface area contributed by atoms with Crippen molar-refractivity contribution < 1.29 is 9.53 Å². The molecule has 1 aliphatic heterocycles. The van der Waals surface area contributed by atoms with Crippen molar-refractivity contribution in [3.05, 3.63) is 45.4 Å². The molecule has 0 aliphatic carbocycles. The summed E-state index contributed by atoms with van der Waals surface area (Å²) in [6, 6.07) is 6.94. The molecule has 25 heavy (non-hydrogen) atoms. The zero-order valence-corrected chi connectivity index (χ0v) is 15.6. The Hall–Kier alpha value is -1.63. The lowest BCUT2D eigenvalue weighted by Crippen LogP contribution is -2.29. The molecule has 134 valence electrons. The first kappa shape index (κ1) is 18.2. The van der Waals surface area contributed by atoms with E-state index in [1.807, 2.05) is 0 Å². The molecular weight excluding hydrogens is 358 g/mol. The van der Waals surface area contributed by atoms with Crippen molar-refractivity contribution in [1.82, 2.24) is 15.2 Å². The van der Waals surface area contributed by atoms with Crippen LogP contribution in [0.15, 0.2) is 29.6 Å². The number of hydrogen-bond donors (Lipinski definition) is 1. The van der Waals surface area contributed by atoms with Gasteiger partial charge in [-0.2, -0.15) is 0 Å². The van der Waals surface area contributed by atoms with Crippen LogP contribution < -0.4 is 10.1 Å². The minimum Gasteiger partial charge on any atom is -0.484 e. The molecule has 1 saturated heterocycles. The fraction of sp³-hybridized carbons (Fsp3) is 0.444. The average molecular weight is 380 g/mol. The highest BCUT2D eigenvalue weighted by atomic mass is 35.5. The topological polar surface area (TPSA) is 54.5 Å². The Kier molecular flexibility index (Phi) is 6.67. The lowest BCUT2D eigenvalue weighted by Gasteiger charge is -2.25. The quantitative estimate of drug-likeness (QED) is 0.800. The maximum absolute atomic E-state index is 11.9. The highest BCUT2D eigenvalue weighted by Gasteiger charge is 2.12. The van der Waals surface area contributed by atoms with Gasteiger partial charge < -0.3 is 10.1 Å². The molecule has 2 heterocycles. The van der Waals surface area contributed by atoms with E-state index in [0.717, 1.165) is 30.3 Å². The number of nitrogens with one attached hydrogen (secondary N) is 1. The molecule has 0 spiro atoms. The van der Waals surface area contributed by atoms with Crippen molar-refractivity contribution in [3.63, 3.8) is 0 Å². The van der Waals surface area contributed by atoms with E-state index >= 15 is 0 Å². The Balaban J connectivity index is 1.39. The van der Waals surface area contributed by atoms with Gasteiger partial charge in [-0.3, -0.25) is 9.69 Å². The molecule has 2 aromatic rings. The van der Waals surface area contributed by atoms with Crippen molar-refractivity contribution in [2.45, 2.75) is 32.4 Å². The van der Waals surface area contributed by atoms with E-state index in [0.29, 0.717) is 17.3 Å². The number of piperidine rings is 1. The molecule has 1 aliphatic rings. The van der Waals surface area contributed by atoms with Crippen molar-refractivity contribution in [1.29, 1.82) is 0 Å². The molecule has 1 N–H and O–H groups in total. The first-order valence-electron chi connectivity index (χ1n) is 8.50. The molecule has 0 bridgehead atoms. The molecule has 1 aromatic carbocycles. The second-order valence-corrected chi connectivity index (χ2v) is 7.47. The van der Waals surface area contributed by atoms with Crippen molar-refractivity contribution in [3.8, 4) is 5.75 Å². The van der Waals surface area contributed by atoms with Gasteiger partial charge in [-0.25, -0.2) is 4.98 Å². The van der Waals surface area contributed by atoms with Crippen LogP contribution in [0.3, 0.4) is 0 Å². The number of carbonyl (C=O) groups excluding carboxylic acids is 1. The summed E-state index contributed by atoms with van der Waals surface area (Å²) in [5.41, 5.74) is 1.09. The van der Waals surface area contributed by atoms with Crippen LogP contribution in [0, 0.1) is 0 Å². The van der Waals surface area contributed by atoms with E-state index in [1.54, 1.807) is 35.6 Å². The Bertz CT molecular complexity index is 684. The van der Waals surface area contributed by atoms with E-state index in [4.69, 9.17) is 16.3 Å². The zero-order valence-electron chi connectivity index (χ0n) is 14.0. The molecule has 0 radical (unpaired) electrons. The third kappa shape index (κ3) is 5.99. The second kappa shape index (κ2) is 9.17. The predicted octanol–water partition coefficient (Wildman–Crippen LogP) is 3.48. The number of benzene rings is 1. The van der Waals surface area contributed by atoms with Crippen molar-refractivity contribution >= 4 is 28.8 Å². The highest BCUT2D eigenvalue weighted by Crippen LogP contribution is 2.16. The fourth-order valence-corrected chi connectivity index (χ4v) is 3.61. The van der Waals surface area contributed by atoms with Gasteiger partial charge in [0.1, 0.15) is 10.8 Å². The summed E-state index contributed by atoms with van der Waals surface area (Å²) in [6.45, 7) is 3.64. The monoisotopic (exact) mass is 379 g/mol. The number of aromatic nitrogens is 1. The van der Waals surface area contributed by atoms with Crippen LogP contribution in [-0.4, -0.2) is 35.5 Å². The third-order valence-electron chi connectivity index (χ3n) is 4.05. The second-order valence-electron chi connectivity index (χ2n) is 6.09. The van der Waals surface area contributed by atoms with Gasteiger partial charge in [-0.05, 0) is 50.2 Å². The molecule has 0 atom stereocenters. The summed E-state index contributed by atoms with van der Waals surface area (Å²) < 4.78 is 5.42. The van der Waals surface area contributed by atoms with Crippen LogP contribution >= 0.6 is 22.9 Å². The molecule has 1 aromatic heterocycles. The number of hydrogen-bond acceptors (Lipinski definition) is 5. The van der Waals surface area contributed by atoms with Crippen LogP contribution in [0.2, 0.25) is 5.02 Å². The molecule has 7 heteroatoms. The molecule has 0 unspecified atom stereocenters.